The van der Waals surface area contributed by atoms with E-state index in [-0.39, 0.29) is 30.0 Å². The second kappa shape index (κ2) is 14.4. The summed E-state index contributed by atoms with van der Waals surface area (Å²) in [7, 11) is 5.31. The summed E-state index contributed by atoms with van der Waals surface area (Å²) in [6.45, 7) is 3.48. The molecule has 0 aliphatic rings. The third-order valence-electron chi connectivity index (χ3n) is 7.11. The highest BCUT2D eigenvalue weighted by Gasteiger charge is 2.26. The minimum atomic E-state index is -0.633. The number of fused-ring (bicyclic) bond motifs is 1. The van der Waals surface area contributed by atoms with Gasteiger partial charge in [0.15, 0.2) is 0 Å². The number of hydrogen-bond donors (Lipinski definition) is 0. The zero-order valence-corrected chi connectivity index (χ0v) is 26.3. The summed E-state index contributed by atoms with van der Waals surface area (Å²) in [5.41, 5.74) is 3.51. The smallest absolute Gasteiger partial charge is 0.343 e. The van der Waals surface area contributed by atoms with Gasteiger partial charge >= 0.3 is 5.97 Å². The third-order valence-corrected chi connectivity index (χ3v) is 8.41. The number of ether oxygens (including phenoxy) is 3. The molecule has 0 bridgehead atoms. The van der Waals surface area contributed by atoms with Crippen LogP contribution in [0.3, 0.4) is 0 Å². The van der Waals surface area contributed by atoms with Crippen molar-refractivity contribution in [2.24, 2.45) is 0 Å². The number of methoxy groups -OCH3 is 2. The highest BCUT2D eigenvalue weighted by atomic mass is 35.5. The molecule has 0 fully saturated rings. The molecule has 43 heavy (non-hydrogen) atoms. The highest BCUT2D eigenvalue weighted by Crippen LogP contribution is 2.42. The van der Waals surface area contributed by atoms with Gasteiger partial charge in [-0.05, 0) is 43.3 Å². The molecule has 0 aliphatic heterocycles. The van der Waals surface area contributed by atoms with Gasteiger partial charge in [-0.3, -0.25) is 9.69 Å². The summed E-state index contributed by atoms with van der Waals surface area (Å²) >= 11 is 1.53. The van der Waals surface area contributed by atoms with Crippen LogP contribution in [0.2, 0.25) is 0 Å². The molecule has 0 saturated carbocycles. The first kappa shape index (κ1) is 31.8. The SMILES string of the molecule is CCOC(=O)c1cn(Cc2ccccc2OC)c2sc(-c3ccccc3OC)c(CN(C)Cc3ccccc3)c2c1=O.Cl. The van der Waals surface area contributed by atoms with E-state index in [0.717, 1.165) is 32.1 Å². The fourth-order valence-electron chi connectivity index (χ4n) is 5.21. The van der Waals surface area contributed by atoms with E-state index in [1.807, 2.05) is 78.3 Å². The predicted octanol–water partition coefficient (Wildman–Crippen LogP) is 7.03. The number of benzene rings is 3. The molecule has 224 valence electrons. The van der Waals surface area contributed by atoms with Gasteiger partial charge in [0, 0.05) is 35.3 Å². The van der Waals surface area contributed by atoms with Crippen LogP contribution in [0.25, 0.3) is 20.7 Å². The molecule has 0 spiro atoms. The summed E-state index contributed by atoms with van der Waals surface area (Å²) in [6, 6.07) is 25.8. The normalized spacial score (nSPS) is 10.9. The molecule has 0 saturated heterocycles. The van der Waals surface area contributed by atoms with Crippen molar-refractivity contribution in [3.8, 4) is 21.9 Å². The topological polar surface area (TPSA) is 70.0 Å². The van der Waals surface area contributed by atoms with Crippen LogP contribution in [0.15, 0.2) is 89.9 Å². The monoisotopic (exact) mass is 618 g/mol. The minimum Gasteiger partial charge on any atom is -0.496 e. The van der Waals surface area contributed by atoms with E-state index >= 15 is 0 Å². The number of carbonyl (C=O) groups is 1. The molecule has 0 aliphatic carbocycles. The van der Waals surface area contributed by atoms with E-state index in [4.69, 9.17) is 14.2 Å². The number of hydrogen-bond acceptors (Lipinski definition) is 7. The minimum absolute atomic E-state index is 0. The van der Waals surface area contributed by atoms with Crippen LogP contribution < -0.4 is 14.9 Å². The summed E-state index contributed by atoms with van der Waals surface area (Å²) in [5.74, 6) is 0.809. The van der Waals surface area contributed by atoms with E-state index in [0.29, 0.717) is 30.8 Å². The molecule has 5 aromatic rings. The maximum absolute atomic E-state index is 14.2. The van der Waals surface area contributed by atoms with Gasteiger partial charge < -0.3 is 18.8 Å². The highest BCUT2D eigenvalue weighted by molar-refractivity contribution is 7.22. The van der Waals surface area contributed by atoms with Crippen molar-refractivity contribution in [1.82, 2.24) is 9.47 Å². The van der Waals surface area contributed by atoms with Gasteiger partial charge in [0.1, 0.15) is 21.9 Å². The number of esters is 1. The molecular formula is C34H35ClN2O5S. The molecule has 3 aromatic carbocycles. The Kier molecular flexibility index (Phi) is 10.6. The van der Waals surface area contributed by atoms with Crippen molar-refractivity contribution in [3.63, 3.8) is 0 Å². The van der Waals surface area contributed by atoms with Crippen molar-refractivity contribution in [3.05, 3.63) is 118 Å². The molecule has 0 N–H and O–H groups in total. The van der Waals surface area contributed by atoms with Crippen LogP contribution >= 0.6 is 23.7 Å². The Labute approximate surface area is 261 Å². The number of nitrogens with zero attached hydrogens (tertiary/aromatic N) is 2. The molecule has 2 heterocycles. The first-order chi connectivity index (χ1) is 20.4. The van der Waals surface area contributed by atoms with Crippen LogP contribution in [0.4, 0.5) is 0 Å². The zero-order valence-electron chi connectivity index (χ0n) is 24.7. The van der Waals surface area contributed by atoms with Crippen molar-refractivity contribution in [1.29, 1.82) is 0 Å². The molecule has 5 rings (SSSR count). The number of halogens is 1. The van der Waals surface area contributed by atoms with Crippen molar-refractivity contribution in [2.75, 3.05) is 27.9 Å². The number of carbonyl (C=O) groups excluding carboxylic acids is 1. The fraction of sp³-hybridized carbons (Fsp3) is 0.235. The number of rotatable bonds is 11. The van der Waals surface area contributed by atoms with Crippen LogP contribution in [-0.4, -0.2) is 43.3 Å². The third kappa shape index (κ3) is 6.77. The molecule has 0 radical (unpaired) electrons. The Morgan fingerprint density at radius 2 is 1.53 bits per heavy atom. The molecule has 9 heteroatoms. The van der Waals surface area contributed by atoms with Gasteiger partial charge in [-0.25, -0.2) is 4.79 Å². The van der Waals surface area contributed by atoms with E-state index in [1.54, 1.807) is 27.3 Å². The fourth-order valence-corrected chi connectivity index (χ4v) is 6.52. The standard InChI is InChI=1S/C34H34N2O5S.ClH/c1-5-41-34(38)27-22-36(20-24-15-9-11-17-28(24)39-3)33-30(31(27)37)26(21-35(2)19-23-13-7-6-8-14-23)32(42-33)25-16-10-12-18-29(25)40-4;/h6-18,22H,5,19-21H2,1-4H3;1H. The van der Waals surface area contributed by atoms with E-state index < -0.39 is 5.97 Å². The van der Waals surface area contributed by atoms with Crippen LogP contribution in [0, 0.1) is 0 Å². The maximum atomic E-state index is 14.2. The Balaban J connectivity index is 0.00000423. The van der Waals surface area contributed by atoms with Crippen LogP contribution in [-0.2, 0) is 24.4 Å². The molecule has 0 unspecified atom stereocenters. The Bertz CT molecular complexity index is 1770. The Hall–Kier alpha value is -4.11. The lowest BCUT2D eigenvalue weighted by atomic mass is 10.0. The van der Waals surface area contributed by atoms with E-state index in [2.05, 4.69) is 17.0 Å². The second-order valence-electron chi connectivity index (χ2n) is 9.98. The summed E-state index contributed by atoms with van der Waals surface area (Å²) in [5, 5.41) is 0.515. The van der Waals surface area contributed by atoms with Gasteiger partial charge in [0.05, 0.1) is 32.8 Å². The van der Waals surface area contributed by atoms with Crippen molar-refractivity contribution < 1.29 is 19.0 Å². The van der Waals surface area contributed by atoms with Crippen LogP contribution in [0.1, 0.15) is 34.0 Å². The summed E-state index contributed by atoms with van der Waals surface area (Å²) in [6.07, 6.45) is 1.62. The lowest BCUT2D eigenvalue weighted by molar-refractivity contribution is 0.0524. The van der Waals surface area contributed by atoms with Crippen molar-refractivity contribution >= 4 is 39.9 Å². The van der Waals surface area contributed by atoms with Crippen LogP contribution in [0.5, 0.6) is 11.5 Å². The lowest BCUT2D eigenvalue weighted by Crippen LogP contribution is -2.23. The number of para-hydroxylation sites is 2. The quantitative estimate of drug-likeness (QED) is 0.148. The van der Waals surface area contributed by atoms with Gasteiger partial charge in [-0.15, -0.1) is 23.7 Å². The summed E-state index contributed by atoms with van der Waals surface area (Å²) in [4.78, 5) is 31.1. The maximum Gasteiger partial charge on any atom is 0.343 e. The number of thiophene rings is 1. The first-order valence-electron chi connectivity index (χ1n) is 13.8. The zero-order chi connectivity index (χ0) is 29.6. The summed E-state index contributed by atoms with van der Waals surface area (Å²) < 4.78 is 18.7. The van der Waals surface area contributed by atoms with E-state index in [1.165, 1.54) is 16.9 Å². The van der Waals surface area contributed by atoms with E-state index in [9.17, 15) is 9.59 Å². The average molecular weight is 619 g/mol. The van der Waals surface area contributed by atoms with Gasteiger partial charge in [0.2, 0.25) is 5.43 Å². The average Bonchev–Trinajstić information content (AvgIpc) is 3.38. The molecule has 2 aromatic heterocycles. The van der Waals surface area contributed by atoms with Gasteiger partial charge in [-0.2, -0.15) is 0 Å². The number of pyridine rings is 1. The Morgan fingerprint density at radius 3 is 2.23 bits per heavy atom. The molecule has 0 amide bonds. The number of aromatic nitrogens is 1. The van der Waals surface area contributed by atoms with Gasteiger partial charge in [0.25, 0.3) is 0 Å². The largest absolute Gasteiger partial charge is 0.496 e. The van der Waals surface area contributed by atoms with Gasteiger partial charge in [-0.1, -0.05) is 60.7 Å². The second-order valence-corrected chi connectivity index (χ2v) is 11.0. The first-order valence-corrected chi connectivity index (χ1v) is 14.6. The molecular weight excluding hydrogens is 584 g/mol. The predicted molar refractivity (Wildman–Crippen MR) is 175 cm³/mol. The lowest BCUT2D eigenvalue weighted by Gasteiger charge is -2.18. The van der Waals surface area contributed by atoms with Crippen molar-refractivity contribution in [2.45, 2.75) is 26.6 Å². The molecule has 7 nitrogen and oxygen atoms in total. The Morgan fingerprint density at radius 1 is 0.884 bits per heavy atom. The molecule has 0 atom stereocenters.